The number of hydrogen-bond donors (Lipinski definition) is 1. The Hall–Kier alpha value is -0.120. The molecule has 1 aliphatic carbocycles. The Kier molecular flexibility index (Phi) is 5.93. The standard InChI is InChI=1S/C15H30N2O/c1-3-9-16-12-13-5-6-15(13)17-10-7-14(8-11-17)18-4-2/h13-16H,3-12H2,1-2H3. The second-order valence-corrected chi connectivity index (χ2v) is 5.80. The molecule has 0 amide bonds. The molecule has 1 saturated carbocycles. The normalized spacial score (nSPS) is 30.3. The predicted octanol–water partition coefficient (Wildman–Crippen LogP) is 2.27. The van der Waals surface area contributed by atoms with E-state index < -0.39 is 0 Å². The molecule has 1 aliphatic heterocycles. The zero-order chi connectivity index (χ0) is 12.8. The molecule has 2 unspecified atom stereocenters. The third-order valence-corrected chi connectivity index (χ3v) is 4.56. The summed E-state index contributed by atoms with van der Waals surface area (Å²) in [6.07, 6.45) is 7.09. The lowest BCUT2D eigenvalue weighted by Gasteiger charge is -2.47. The van der Waals surface area contributed by atoms with E-state index in [9.17, 15) is 0 Å². The molecule has 2 rings (SSSR count). The largest absolute Gasteiger partial charge is 0.378 e. The molecule has 3 nitrogen and oxygen atoms in total. The van der Waals surface area contributed by atoms with Crippen LogP contribution < -0.4 is 5.32 Å². The maximum Gasteiger partial charge on any atom is 0.0599 e. The van der Waals surface area contributed by atoms with Gasteiger partial charge in [-0.25, -0.2) is 0 Å². The Labute approximate surface area is 112 Å². The molecule has 1 N–H and O–H groups in total. The molecule has 18 heavy (non-hydrogen) atoms. The van der Waals surface area contributed by atoms with E-state index in [0.717, 1.165) is 18.6 Å². The second-order valence-electron chi connectivity index (χ2n) is 5.80. The number of nitrogens with one attached hydrogen (secondary N) is 1. The predicted molar refractivity (Wildman–Crippen MR) is 75.9 cm³/mol. The van der Waals surface area contributed by atoms with E-state index in [2.05, 4.69) is 24.1 Å². The van der Waals surface area contributed by atoms with Crippen LogP contribution in [0.5, 0.6) is 0 Å². The number of likely N-dealkylation sites (tertiary alicyclic amines) is 1. The molecule has 2 atom stereocenters. The van der Waals surface area contributed by atoms with E-state index in [1.165, 1.54) is 58.3 Å². The van der Waals surface area contributed by atoms with E-state index in [-0.39, 0.29) is 0 Å². The van der Waals surface area contributed by atoms with Gasteiger partial charge in [-0.3, -0.25) is 4.90 Å². The van der Waals surface area contributed by atoms with Crippen molar-refractivity contribution in [2.75, 3.05) is 32.8 Å². The maximum atomic E-state index is 5.73. The first-order valence-electron chi connectivity index (χ1n) is 7.91. The topological polar surface area (TPSA) is 24.5 Å². The van der Waals surface area contributed by atoms with Gasteiger partial charge in [-0.1, -0.05) is 6.92 Å². The van der Waals surface area contributed by atoms with Gasteiger partial charge in [0.25, 0.3) is 0 Å². The number of nitrogens with zero attached hydrogens (tertiary/aromatic N) is 1. The Bertz CT molecular complexity index is 227. The summed E-state index contributed by atoms with van der Waals surface area (Å²) in [5, 5.41) is 3.58. The van der Waals surface area contributed by atoms with Crippen molar-refractivity contribution in [2.45, 2.75) is 58.1 Å². The summed E-state index contributed by atoms with van der Waals surface area (Å²) in [6.45, 7) is 10.1. The van der Waals surface area contributed by atoms with Gasteiger partial charge in [0.15, 0.2) is 0 Å². The summed E-state index contributed by atoms with van der Waals surface area (Å²) >= 11 is 0. The number of rotatable bonds is 7. The molecule has 2 aliphatic rings. The fourth-order valence-electron chi connectivity index (χ4n) is 3.34. The molecule has 0 aromatic carbocycles. The van der Waals surface area contributed by atoms with E-state index in [4.69, 9.17) is 4.74 Å². The van der Waals surface area contributed by atoms with Crippen LogP contribution in [0.4, 0.5) is 0 Å². The minimum atomic E-state index is 0.531. The lowest BCUT2D eigenvalue weighted by atomic mass is 9.77. The monoisotopic (exact) mass is 254 g/mol. The van der Waals surface area contributed by atoms with Crippen LogP contribution >= 0.6 is 0 Å². The van der Waals surface area contributed by atoms with Gasteiger partial charge in [-0.15, -0.1) is 0 Å². The fraction of sp³-hybridized carbons (Fsp3) is 1.00. The Balaban J connectivity index is 1.66. The van der Waals surface area contributed by atoms with Gasteiger partial charge >= 0.3 is 0 Å². The number of hydrogen-bond acceptors (Lipinski definition) is 3. The fourth-order valence-corrected chi connectivity index (χ4v) is 3.34. The van der Waals surface area contributed by atoms with E-state index in [0.29, 0.717) is 6.10 Å². The van der Waals surface area contributed by atoms with Gasteiger partial charge in [0.05, 0.1) is 6.10 Å². The summed E-state index contributed by atoms with van der Waals surface area (Å²) in [5.74, 6) is 0.903. The molecule has 1 saturated heterocycles. The Morgan fingerprint density at radius 3 is 2.44 bits per heavy atom. The van der Waals surface area contributed by atoms with Crippen LogP contribution in [0.25, 0.3) is 0 Å². The van der Waals surface area contributed by atoms with Crippen molar-refractivity contribution < 1.29 is 4.74 Å². The van der Waals surface area contributed by atoms with Crippen LogP contribution in [0.15, 0.2) is 0 Å². The van der Waals surface area contributed by atoms with Gasteiger partial charge in [0.2, 0.25) is 0 Å². The number of piperidine rings is 1. The molecule has 3 heteroatoms. The molecule has 106 valence electrons. The molecule has 0 aromatic rings. The highest BCUT2D eigenvalue weighted by atomic mass is 16.5. The summed E-state index contributed by atoms with van der Waals surface area (Å²) in [5.41, 5.74) is 0. The van der Waals surface area contributed by atoms with Crippen LogP contribution in [0.3, 0.4) is 0 Å². The minimum absolute atomic E-state index is 0.531. The lowest BCUT2D eigenvalue weighted by molar-refractivity contribution is -0.0223. The lowest BCUT2D eigenvalue weighted by Crippen LogP contribution is -2.53. The molecule has 0 aromatic heterocycles. The first kappa shape index (κ1) is 14.3. The Morgan fingerprint density at radius 1 is 1.11 bits per heavy atom. The third-order valence-electron chi connectivity index (χ3n) is 4.56. The smallest absolute Gasteiger partial charge is 0.0599 e. The van der Waals surface area contributed by atoms with Crippen LogP contribution in [0, 0.1) is 5.92 Å². The SMILES string of the molecule is CCCNCC1CCC1N1CCC(OCC)CC1. The highest BCUT2D eigenvalue weighted by Crippen LogP contribution is 2.33. The summed E-state index contributed by atoms with van der Waals surface area (Å²) < 4.78 is 5.73. The van der Waals surface area contributed by atoms with Crippen LogP contribution in [0.2, 0.25) is 0 Å². The van der Waals surface area contributed by atoms with Gasteiger partial charge in [0, 0.05) is 25.7 Å². The summed E-state index contributed by atoms with van der Waals surface area (Å²) in [4.78, 5) is 2.72. The van der Waals surface area contributed by atoms with E-state index in [1.54, 1.807) is 0 Å². The van der Waals surface area contributed by atoms with Crippen LogP contribution in [-0.4, -0.2) is 49.8 Å². The van der Waals surface area contributed by atoms with Crippen LogP contribution in [0.1, 0.15) is 46.0 Å². The summed E-state index contributed by atoms with van der Waals surface area (Å²) in [6, 6.07) is 0.858. The van der Waals surface area contributed by atoms with Crippen molar-refractivity contribution in [3.63, 3.8) is 0 Å². The van der Waals surface area contributed by atoms with Crippen molar-refractivity contribution in [1.82, 2.24) is 10.2 Å². The van der Waals surface area contributed by atoms with Gasteiger partial charge in [-0.2, -0.15) is 0 Å². The van der Waals surface area contributed by atoms with Crippen molar-refractivity contribution in [3.05, 3.63) is 0 Å². The minimum Gasteiger partial charge on any atom is -0.378 e. The van der Waals surface area contributed by atoms with E-state index >= 15 is 0 Å². The quantitative estimate of drug-likeness (QED) is 0.705. The molecular weight excluding hydrogens is 224 g/mol. The molecule has 0 bridgehead atoms. The zero-order valence-electron chi connectivity index (χ0n) is 12.2. The van der Waals surface area contributed by atoms with Crippen LogP contribution in [-0.2, 0) is 4.74 Å². The van der Waals surface area contributed by atoms with Crippen molar-refractivity contribution in [2.24, 2.45) is 5.92 Å². The first-order chi connectivity index (χ1) is 8.85. The van der Waals surface area contributed by atoms with Gasteiger partial charge in [-0.05, 0) is 58.0 Å². The molecular formula is C15H30N2O. The average molecular weight is 254 g/mol. The molecule has 1 heterocycles. The van der Waals surface area contributed by atoms with Crippen molar-refractivity contribution >= 4 is 0 Å². The first-order valence-corrected chi connectivity index (χ1v) is 7.91. The number of ether oxygens (including phenoxy) is 1. The molecule has 2 fully saturated rings. The highest BCUT2D eigenvalue weighted by molar-refractivity contribution is 4.91. The van der Waals surface area contributed by atoms with Crippen molar-refractivity contribution in [3.8, 4) is 0 Å². The third kappa shape index (κ3) is 3.69. The Morgan fingerprint density at radius 2 is 1.89 bits per heavy atom. The summed E-state index contributed by atoms with van der Waals surface area (Å²) in [7, 11) is 0. The van der Waals surface area contributed by atoms with E-state index in [1.807, 2.05) is 0 Å². The second kappa shape index (κ2) is 7.46. The molecule has 0 radical (unpaired) electrons. The molecule has 0 spiro atoms. The maximum absolute atomic E-state index is 5.73. The average Bonchev–Trinajstić information content (AvgIpc) is 2.36. The zero-order valence-corrected chi connectivity index (χ0v) is 12.2. The van der Waals surface area contributed by atoms with Crippen molar-refractivity contribution in [1.29, 1.82) is 0 Å². The highest BCUT2D eigenvalue weighted by Gasteiger charge is 2.36. The van der Waals surface area contributed by atoms with Gasteiger partial charge < -0.3 is 10.1 Å². The van der Waals surface area contributed by atoms with Gasteiger partial charge in [0.1, 0.15) is 0 Å².